The van der Waals surface area contributed by atoms with Crippen LogP contribution in [0.4, 0.5) is 11.8 Å². The second-order valence-corrected chi connectivity index (χ2v) is 7.18. The van der Waals surface area contributed by atoms with Gasteiger partial charge < -0.3 is 24.0 Å². The van der Waals surface area contributed by atoms with E-state index in [-0.39, 0.29) is 0 Å². The maximum Gasteiger partial charge on any atom is 0.228 e. The number of aromatic nitrogens is 2. The summed E-state index contributed by atoms with van der Waals surface area (Å²) in [4.78, 5) is 14.5. The molecule has 2 aliphatic heterocycles. The molecule has 0 atom stereocenters. The summed E-state index contributed by atoms with van der Waals surface area (Å²) in [7, 11) is 0. The van der Waals surface area contributed by atoms with E-state index < -0.39 is 0 Å². The lowest BCUT2D eigenvalue weighted by Gasteiger charge is -2.31. The Morgan fingerprint density at radius 1 is 0.857 bits per heavy atom. The zero-order chi connectivity index (χ0) is 19.3. The van der Waals surface area contributed by atoms with Crippen molar-refractivity contribution in [1.29, 1.82) is 0 Å². The molecule has 0 aliphatic carbocycles. The molecule has 1 aromatic carbocycles. The van der Waals surface area contributed by atoms with Crippen molar-refractivity contribution in [3.05, 3.63) is 12.1 Å². The third-order valence-electron chi connectivity index (χ3n) is 5.28. The quantitative estimate of drug-likeness (QED) is 0.755. The van der Waals surface area contributed by atoms with Gasteiger partial charge in [0.15, 0.2) is 11.5 Å². The third kappa shape index (κ3) is 3.94. The van der Waals surface area contributed by atoms with Crippen LogP contribution in [0.15, 0.2) is 12.1 Å². The van der Waals surface area contributed by atoms with Gasteiger partial charge >= 0.3 is 0 Å². The molecule has 4 rings (SSSR count). The Hall–Kier alpha value is -2.28. The zero-order valence-corrected chi connectivity index (χ0v) is 16.9. The summed E-state index contributed by atoms with van der Waals surface area (Å²) in [6, 6.07) is 4.06. The van der Waals surface area contributed by atoms with E-state index >= 15 is 0 Å². The summed E-state index contributed by atoms with van der Waals surface area (Å²) in [6.07, 6.45) is 3.69. The summed E-state index contributed by atoms with van der Waals surface area (Å²) in [6.45, 7) is 10.3. The van der Waals surface area contributed by atoms with Crippen LogP contribution in [0, 0.1) is 0 Å². The number of fused-ring (bicyclic) bond motifs is 1. The van der Waals surface area contributed by atoms with E-state index in [1.54, 1.807) is 0 Å². The minimum absolute atomic E-state index is 0.589. The number of piperidine rings is 1. The summed E-state index contributed by atoms with van der Waals surface area (Å²) < 4.78 is 17.2. The third-order valence-corrected chi connectivity index (χ3v) is 5.28. The van der Waals surface area contributed by atoms with Crippen molar-refractivity contribution in [2.45, 2.75) is 33.1 Å². The van der Waals surface area contributed by atoms with Gasteiger partial charge in [-0.15, -0.1) is 0 Å². The van der Waals surface area contributed by atoms with Gasteiger partial charge in [-0.05, 0) is 39.2 Å². The van der Waals surface area contributed by atoms with Gasteiger partial charge in [-0.2, -0.15) is 4.98 Å². The molecule has 1 aromatic heterocycles. The molecule has 0 bridgehead atoms. The van der Waals surface area contributed by atoms with Crippen molar-refractivity contribution in [1.82, 2.24) is 9.97 Å². The van der Waals surface area contributed by atoms with E-state index in [1.165, 1.54) is 19.3 Å². The van der Waals surface area contributed by atoms with Crippen molar-refractivity contribution in [2.24, 2.45) is 0 Å². The van der Waals surface area contributed by atoms with Gasteiger partial charge in [0.05, 0.1) is 31.9 Å². The molecule has 0 unspecified atom stereocenters. The van der Waals surface area contributed by atoms with Crippen LogP contribution in [0.5, 0.6) is 11.5 Å². The van der Waals surface area contributed by atoms with Crippen molar-refractivity contribution in [2.75, 3.05) is 62.4 Å². The molecule has 28 heavy (non-hydrogen) atoms. The SMILES string of the molecule is CCOc1cc2nc(N3CCOCC3)nc(N3CCCCC3)c2cc1OCC. The number of anilines is 2. The largest absolute Gasteiger partial charge is 0.490 e. The highest BCUT2D eigenvalue weighted by Crippen LogP contribution is 2.37. The summed E-state index contributed by atoms with van der Waals surface area (Å²) >= 11 is 0. The van der Waals surface area contributed by atoms with Gasteiger partial charge in [0.25, 0.3) is 0 Å². The second-order valence-electron chi connectivity index (χ2n) is 7.18. The fraction of sp³-hybridized carbons (Fsp3) is 0.619. The van der Waals surface area contributed by atoms with Gasteiger partial charge in [0.2, 0.25) is 5.95 Å². The predicted molar refractivity (Wildman–Crippen MR) is 111 cm³/mol. The van der Waals surface area contributed by atoms with Gasteiger partial charge in [-0.1, -0.05) is 0 Å². The highest BCUT2D eigenvalue weighted by atomic mass is 16.5. The number of hydrogen-bond acceptors (Lipinski definition) is 7. The first-order valence-corrected chi connectivity index (χ1v) is 10.5. The van der Waals surface area contributed by atoms with E-state index in [1.807, 2.05) is 19.9 Å². The minimum atomic E-state index is 0.589. The van der Waals surface area contributed by atoms with E-state index in [0.717, 1.165) is 60.3 Å². The number of rotatable bonds is 6. The minimum Gasteiger partial charge on any atom is -0.490 e. The molecule has 2 aromatic rings. The van der Waals surface area contributed by atoms with Crippen LogP contribution in [0.2, 0.25) is 0 Å². The average molecular weight is 386 g/mol. The Balaban J connectivity index is 1.84. The van der Waals surface area contributed by atoms with Crippen LogP contribution in [0.3, 0.4) is 0 Å². The number of hydrogen-bond donors (Lipinski definition) is 0. The molecule has 0 N–H and O–H groups in total. The van der Waals surface area contributed by atoms with Crippen LogP contribution >= 0.6 is 0 Å². The normalized spacial score (nSPS) is 17.8. The van der Waals surface area contributed by atoms with Gasteiger partial charge in [-0.25, -0.2) is 4.98 Å². The molecule has 0 spiro atoms. The fourth-order valence-electron chi connectivity index (χ4n) is 3.90. The van der Waals surface area contributed by atoms with Crippen molar-refractivity contribution in [3.8, 4) is 11.5 Å². The molecule has 2 fully saturated rings. The molecular formula is C21H30N4O3. The van der Waals surface area contributed by atoms with Gasteiger partial charge in [0.1, 0.15) is 5.82 Å². The fourth-order valence-corrected chi connectivity index (χ4v) is 3.90. The Labute approximate surface area is 166 Å². The highest BCUT2D eigenvalue weighted by molar-refractivity contribution is 5.93. The lowest BCUT2D eigenvalue weighted by atomic mass is 10.1. The zero-order valence-electron chi connectivity index (χ0n) is 16.9. The Kier molecular flexibility index (Phi) is 6.00. The van der Waals surface area contributed by atoms with E-state index in [2.05, 4.69) is 15.9 Å². The van der Waals surface area contributed by atoms with Gasteiger partial charge in [0, 0.05) is 37.6 Å². The molecule has 0 radical (unpaired) electrons. The highest BCUT2D eigenvalue weighted by Gasteiger charge is 2.22. The standard InChI is InChI=1S/C21H30N4O3/c1-3-27-18-14-16-17(15-19(18)28-4-2)22-21(25-10-12-26-13-11-25)23-20(16)24-8-6-5-7-9-24/h14-15H,3-13H2,1-2H3. The molecule has 2 aliphatic rings. The van der Waals surface area contributed by atoms with Crippen LogP contribution in [0.25, 0.3) is 10.9 Å². The van der Waals surface area contributed by atoms with E-state index in [4.69, 9.17) is 24.2 Å². The molecule has 0 amide bonds. The molecule has 3 heterocycles. The van der Waals surface area contributed by atoms with Crippen LogP contribution < -0.4 is 19.3 Å². The summed E-state index contributed by atoms with van der Waals surface area (Å²) in [5.74, 6) is 3.30. The first kappa shape index (κ1) is 19.1. The summed E-state index contributed by atoms with van der Waals surface area (Å²) in [5.41, 5.74) is 0.906. The molecule has 7 heteroatoms. The lowest BCUT2D eigenvalue weighted by Crippen LogP contribution is -2.38. The predicted octanol–water partition coefficient (Wildman–Crippen LogP) is 3.25. The van der Waals surface area contributed by atoms with Crippen LogP contribution in [0.1, 0.15) is 33.1 Å². The van der Waals surface area contributed by atoms with Crippen LogP contribution in [-0.2, 0) is 4.74 Å². The number of ether oxygens (including phenoxy) is 3. The van der Waals surface area contributed by atoms with E-state index in [0.29, 0.717) is 26.4 Å². The first-order valence-electron chi connectivity index (χ1n) is 10.5. The van der Waals surface area contributed by atoms with Crippen molar-refractivity contribution in [3.63, 3.8) is 0 Å². The molecular weight excluding hydrogens is 356 g/mol. The molecule has 7 nitrogen and oxygen atoms in total. The van der Waals surface area contributed by atoms with Crippen molar-refractivity contribution >= 4 is 22.7 Å². The smallest absolute Gasteiger partial charge is 0.228 e. The maximum absolute atomic E-state index is 5.86. The molecule has 2 saturated heterocycles. The first-order chi connectivity index (χ1) is 13.8. The van der Waals surface area contributed by atoms with E-state index in [9.17, 15) is 0 Å². The molecule has 0 saturated carbocycles. The monoisotopic (exact) mass is 386 g/mol. The van der Waals surface area contributed by atoms with Gasteiger partial charge in [-0.3, -0.25) is 0 Å². The number of nitrogens with zero attached hydrogens (tertiary/aromatic N) is 4. The van der Waals surface area contributed by atoms with Crippen LogP contribution in [-0.4, -0.2) is 62.6 Å². The van der Waals surface area contributed by atoms with Crippen molar-refractivity contribution < 1.29 is 14.2 Å². The topological polar surface area (TPSA) is 60.0 Å². The number of morpholine rings is 1. The lowest BCUT2D eigenvalue weighted by molar-refractivity contribution is 0.122. The average Bonchev–Trinajstić information content (AvgIpc) is 2.75. The Morgan fingerprint density at radius 2 is 1.54 bits per heavy atom. The number of benzene rings is 1. The Bertz CT molecular complexity index is 802. The molecule has 152 valence electrons. The maximum atomic E-state index is 5.86. The summed E-state index contributed by atoms with van der Waals surface area (Å²) in [5, 5.41) is 1.03. The Morgan fingerprint density at radius 3 is 2.21 bits per heavy atom. The second kappa shape index (κ2) is 8.82.